The second-order valence-electron chi connectivity index (χ2n) is 6.11. The van der Waals surface area contributed by atoms with Gasteiger partial charge in [-0.3, -0.25) is 14.9 Å². The van der Waals surface area contributed by atoms with Gasteiger partial charge in [0, 0.05) is 24.7 Å². The number of amides is 1. The van der Waals surface area contributed by atoms with Crippen molar-refractivity contribution in [3.63, 3.8) is 0 Å². The van der Waals surface area contributed by atoms with Crippen molar-refractivity contribution in [1.82, 2.24) is 10.2 Å². The average Bonchev–Trinajstić information content (AvgIpc) is 3.29. The van der Waals surface area contributed by atoms with Gasteiger partial charge in [0.15, 0.2) is 0 Å². The quantitative estimate of drug-likeness (QED) is 0.591. The third-order valence-electron chi connectivity index (χ3n) is 3.85. The van der Waals surface area contributed by atoms with Crippen molar-refractivity contribution < 1.29 is 9.72 Å². The van der Waals surface area contributed by atoms with Gasteiger partial charge in [0.25, 0.3) is 5.69 Å². The third kappa shape index (κ3) is 4.80. The number of hydrogen-bond donors (Lipinski definition) is 1. The SMILES string of the molecule is CC(C)N(Cc1ccc([N+](=O)[O-])cc1)C(=O)CNCC1CC1. The first-order valence-electron chi connectivity index (χ1n) is 7.71. The number of nitrogens with zero attached hydrogens (tertiary/aromatic N) is 2. The van der Waals surface area contributed by atoms with Gasteiger partial charge in [0.05, 0.1) is 11.5 Å². The maximum Gasteiger partial charge on any atom is 0.269 e. The molecule has 1 saturated carbocycles. The van der Waals surface area contributed by atoms with Crippen molar-refractivity contribution in [3.05, 3.63) is 39.9 Å². The van der Waals surface area contributed by atoms with Gasteiger partial charge in [-0.05, 0) is 44.7 Å². The molecule has 0 heterocycles. The first-order valence-corrected chi connectivity index (χ1v) is 7.71. The van der Waals surface area contributed by atoms with E-state index in [2.05, 4.69) is 5.32 Å². The lowest BCUT2D eigenvalue weighted by Gasteiger charge is -2.27. The van der Waals surface area contributed by atoms with E-state index in [1.54, 1.807) is 17.0 Å². The van der Waals surface area contributed by atoms with E-state index >= 15 is 0 Å². The highest BCUT2D eigenvalue weighted by Crippen LogP contribution is 2.27. The molecular weight excluding hydrogens is 282 g/mol. The molecule has 0 atom stereocenters. The van der Waals surface area contributed by atoms with Crippen LogP contribution in [-0.4, -0.2) is 34.9 Å². The van der Waals surface area contributed by atoms with E-state index in [0.717, 1.165) is 18.0 Å². The van der Waals surface area contributed by atoms with Crippen molar-refractivity contribution >= 4 is 11.6 Å². The second kappa shape index (κ2) is 7.35. The Morgan fingerprint density at radius 1 is 1.36 bits per heavy atom. The topological polar surface area (TPSA) is 75.5 Å². The zero-order valence-corrected chi connectivity index (χ0v) is 13.1. The summed E-state index contributed by atoms with van der Waals surface area (Å²) in [5.41, 5.74) is 0.965. The molecule has 0 bridgehead atoms. The number of carbonyl (C=O) groups excluding carboxylic acids is 1. The predicted octanol–water partition coefficient (Wildman–Crippen LogP) is 2.33. The number of nitro groups is 1. The summed E-state index contributed by atoms with van der Waals surface area (Å²) < 4.78 is 0. The molecule has 1 aliphatic carbocycles. The molecule has 1 aromatic carbocycles. The molecule has 120 valence electrons. The Kier molecular flexibility index (Phi) is 5.49. The molecule has 2 rings (SSSR count). The van der Waals surface area contributed by atoms with E-state index in [1.807, 2.05) is 13.8 Å². The average molecular weight is 305 g/mol. The van der Waals surface area contributed by atoms with Crippen LogP contribution in [0.3, 0.4) is 0 Å². The van der Waals surface area contributed by atoms with Crippen LogP contribution in [0.5, 0.6) is 0 Å². The molecule has 0 spiro atoms. The summed E-state index contributed by atoms with van der Waals surface area (Å²) in [5, 5.41) is 13.9. The van der Waals surface area contributed by atoms with Crippen molar-refractivity contribution in [2.75, 3.05) is 13.1 Å². The van der Waals surface area contributed by atoms with Gasteiger partial charge in [0.1, 0.15) is 0 Å². The zero-order chi connectivity index (χ0) is 16.1. The van der Waals surface area contributed by atoms with Gasteiger partial charge < -0.3 is 10.2 Å². The minimum atomic E-state index is -0.420. The number of nitrogens with one attached hydrogen (secondary N) is 1. The molecule has 1 aliphatic rings. The van der Waals surface area contributed by atoms with Crippen LogP contribution in [-0.2, 0) is 11.3 Å². The number of benzene rings is 1. The monoisotopic (exact) mass is 305 g/mol. The summed E-state index contributed by atoms with van der Waals surface area (Å²) in [6.45, 7) is 5.69. The Morgan fingerprint density at radius 3 is 2.50 bits per heavy atom. The summed E-state index contributed by atoms with van der Waals surface area (Å²) in [7, 11) is 0. The fraction of sp³-hybridized carbons (Fsp3) is 0.562. The van der Waals surface area contributed by atoms with Crippen LogP contribution < -0.4 is 5.32 Å². The summed E-state index contributed by atoms with van der Waals surface area (Å²) in [4.78, 5) is 24.4. The Morgan fingerprint density at radius 2 is 2.00 bits per heavy atom. The van der Waals surface area contributed by atoms with Crippen LogP contribution >= 0.6 is 0 Å². The van der Waals surface area contributed by atoms with Gasteiger partial charge in [-0.2, -0.15) is 0 Å². The number of hydrogen-bond acceptors (Lipinski definition) is 4. The van der Waals surface area contributed by atoms with Gasteiger partial charge >= 0.3 is 0 Å². The standard InChI is InChI=1S/C16H23N3O3/c1-12(2)18(16(20)10-17-9-13-3-4-13)11-14-5-7-15(8-6-14)19(21)22/h5-8,12-13,17H,3-4,9-11H2,1-2H3. The van der Waals surface area contributed by atoms with Crippen molar-refractivity contribution in [3.8, 4) is 0 Å². The zero-order valence-electron chi connectivity index (χ0n) is 13.1. The molecule has 0 aliphatic heterocycles. The van der Waals surface area contributed by atoms with Crippen molar-refractivity contribution in [1.29, 1.82) is 0 Å². The van der Waals surface area contributed by atoms with Gasteiger partial charge in [-0.15, -0.1) is 0 Å². The molecule has 0 saturated heterocycles. The van der Waals surface area contributed by atoms with Crippen molar-refractivity contribution in [2.45, 2.75) is 39.3 Å². The molecule has 0 aromatic heterocycles. The van der Waals surface area contributed by atoms with E-state index in [-0.39, 0.29) is 17.6 Å². The molecule has 6 heteroatoms. The number of non-ortho nitro benzene ring substituents is 1. The Labute approximate surface area is 130 Å². The lowest BCUT2D eigenvalue weighted by Crippen LogP contribution is -2.42. The first kappa shape index (κ1) is 16.4. The molecular formula is C16H23N3O3. The molecule has 1 N–H and O–H groups in total. The number of rotatable bonds is 8. The minimum absolute atomic E-state index is 0.0639. The molecule has 0 unspecified atom stereocenters. The summed E-state index contributed by atoms with van der Waals surface area (Å²) >= 11 is 0. The van der Waals surface area contributed by atoms with Gasteiger partial charge in [0.2, 0.25) is 5.91 Å². The summed E-state index contributed by atoms with van der Waals surface area (Å²) in [6, 6.07) is 6.45. The number of nitro benzene ring substituents is 1. The van der Waals surface area contributed by atoms with Crippen LogP contribution in [0.15, 0.2) is 24.3 Å². The van der Waals surface area contributed by atoms with Crippen LogP contribution in [0.25, 0.3) is 0 Å². The third-order valence-corrected chi connectivity index (χ3v) is 3.85. The highest BCUT2D eigenvalue weighted by Gasteiger charge is 2.22. The minimum Gasteiger partial charge on any atom is -0.335 e. The van der Waals surface area contributed by atoms with Crippen LogP contribution in [0.2, 0.25) is 0 Å². The summed E-state index contributed by atoms with van der Waals surface area (Å²) in [6.07, 6.45) is 2.52. The smallest absolute Gasteiger partial charge is 0.269 e. The van der Waals surface area contributed by atoms with Gasteiger partial charge in [-0.25, -0.2) is 0 Å². The number of carbonyl (C=O) groups is 1. The highest BCUT2D eigenvalue weighted by molar-refractivity contribution is 5.78. The van der Waals surface area contributed by atoms with E-state index in [9.17, 15) is 14.9 Å². The first-order chi connectivity index (χ1) is 10.5. The Bertz CT molecular complexity index is 524. The maximum atomic E-state index is 12.3. The Balaban J connectivity index is 1.91. The molecule has 1 amide bonds. The maximum absolute atomic E-state index is 12.3. The molecule has 22 heavy (non-hydrogen) atoms. The highest BCUT2D eigenvalue weighted by atomic mass is 16.6. The van der Waals surface area contributed by atoms with E-state index in [0.29, 0.717) is 13.1 Å². The van der Waals surface area contributed by atoms with E-state index in [4.69, 9.17) is 0 Å². The lowest BCUT2D eigenvalue weighted by molar-refractivity contribution is -0.384. The normalized spacial score (nSPS) is 14.1. The van der Waals surface area contributed by atoms with Crippen LogP contribution in [0.1, 0.15) is 32.3 Å². The van der Waals surface area contributed by atoms with E-state index in [1.165, 1.54) is 25.0 Å². The van der Waals surface area contributed by atoms with Gasteiger partial charge in [-0.1, -0.05) is 12.1 Å². The fourth-order valence-electron chi connectivity index (χ4n) is 2.29. The van der Waals surface area contributed by atoms with E-state index < -0.39 is 4.92 Å². The molecule has 1 aromatic rings. The van der Waals surface area contributed by atoms with Crippen molar-refractivity contribution in [2.24, 2.45) is 5.92 Å². The Hall–Kier alpha value is -1.95. The molecule has 1 fully saturated rings. The lowest BCUT2D eigenvalue weighted by atomic mass is 10.1. The fourth-order valence-corrected chi connectivity index (χ4v) is 2.29. The second-order valence-corrected chi connectivity index (χ2v) is 6.11. The van der Waals surface area contributed by atoms with Crippen LogP contribution in [0.4, 0.5) is 5.69 Å². The largest absolute Gasteiger partial charge is 0.335 e. The van der Waals surface area contributed by atoms with Crippen LogP contribution in [0, 0.1) is 16.0 Å². The molecule has 6 nitrogen and oxygen atoms in total. The molecule has 0 radical (unpaired) electrons. The summed E-state index contributed by atoms with van der Waals surface area (Å²) in [5.74, 6) is 0.809. The predicted molar refractivity (Wildman–Crippen MR) is 84.4 cm³/mol.